The maximum atomic E-state index is 13.2. The SMILES string of the molecule is N#Cc1ccc(S(=O)(=O)N2CCN(C(=O)C3CC(=O)N(c4ccc5c(c4)OCCO5)C3)CC2)cc1. The van der Waals surface area contributed by atoms with E-state index in [1.165, 1.54) is 28.6 Å². The van der Waals surface area contributed by atoms with Crippen LogP contribution in [0.15, 0.2) is 47.4 Å². The van der Waals surface area contributed by atoms with Crippen molar-refractivity contribution in [3.05, 3.63) is 48.0 Å². The van der Waals surface area contributed by atoms with Gasteiger partial charge in [-0.25, -0.2) is 8.42 Å². The molecule has 0 N–H and O–H groups in total. The lowest BCUT2D eigenvalue weighted by molar-refractivity contribution is -0.136. The lowest BCUT2D eigenvalue weighted by Gasteiger charge is -2.35. The van der Waals surface area contributed by atoms with Crippen molar-refractivity contribution in [3.63, 3.8) is 0 Å². The summed E-state index contributed by atoms with van der Waals surface area (Å²) in [7, 11) is -3.71. The summed E-state index contributed by atoms with van der Waals surface area (Å²) >= 11 is 0. The van der Waals surface area contributed by atoms with Gasteiger partial charge in [0.1, 0.15) is 13.2 Å². The van der Waals surface area contributed by atoms with Crippen LogP contribution in [-0.2, 0) is 19.6 Å². The van der Waals surface area contributed by atoms with Gasteiger partial charge in [0.25, 0.3) is 0 Å². The van der Waals surface area contributed by atoms with Gasteiger partial charge in [0.15, 0.2) is 11.5 Å². The highest BCUT2D eigenvalue weighted by Gasteiger charge is 2.39. The van der Waals surface area contributed by atoms with Gasteiger partial charge in [0, 0.05) is 50.9 Å². The zero-order valence-electron chi connectivity index (χ0n) is 18.9. The molecule has 1 unspecified atom stereocenters. The molecular weight excluding hydrogens is 472 g/mol. The number of rotatable bonds is 4. The third kappa shape index (κ3) is 4.42. The van der Waals surface area contributed by atoms with Crippen LogP contribution in [-0.4, -0.2) is 75.4 Å². The van der Waals surface area contributed by atoms with Crippen LogP contribution in [0, 0.1) is 17.2 Å². The number of hydrogen-bond donors (Lipinski definition) is 0. The average Bonchev–Trinajstić information content (AvgIpc) is 3.29. The van der Waals surface area contributed by atoms with Crippen molar-refractivity contribution in [2.75, 3.05) is 50.8 Å². The fourth-order valence-corrected chi connectivity index (χ4v) is 6.00. The molecule has 0 radical (unpaired) electrons. The van der Waals surface area contributed by atoms with Gasteiger partial charge < -0.3 is 19.3 Å². The number of benzene rings is 2. The van der Waals surface area contributed by atoms with E-state index in [0.717, 1.165) is 0 Å². The van der Waals surface area contributed by atoms with E-state index in [4.69, 9.17) is 14.7 Å². The Morgan fingerprint density at radius 2 is 1.66 bits per heavy atom. The van der Waals surface area contributed by atoms with Gasteiger partial charge in [-0.3, -0.25) is 9.59 Å². The van der Waals surface area contributed by atoms with E-state index in [1.807, 2.05) is 6.07 Å². The summed E-state index contributed by atoms with van der Waals surface area (Å²) in [6.07, 6.45) is 0.108. The second kappa shape index (κ2) is 9.20. The van der Waals surface area contributed by atoms with Crippen molar-refractivity contribution in [1.82, 2.24) is 9.21 Å². The monoisotopic (exact) mass is 496 g/mol. The third-order valence-electron chi connectivity index (χ3n) is 6.48. The van der Waals surface area contributed by atoms with Gasteiger partial charge in [0.2, 0.25) is 21.8 Å². The lowest BCUT2D eigenvalue weighted by atomic mass is 10.1. The molecule has 11 heteroatoms. The number of amides is 2. The predicted molar refractivity (Wildman–Crippen MR) is 124 cm³/mol. The first-order valence-electron chi connectivity index (χ1n) is 11.4. The highest BCUT2D eigenvalue weighted by atomic mass is 32.2. The molecule has 2 aromatic carbocycles. The molecule has 1 atom stereocenters. The number of anilines is 1. The minimum absolute atomic E-state index is 0.108. The normalized spacial score (nSPS) is 20.5. The number of piperazine rings is 1. The smallest absolute Gasteiger partial charge is 0.243 e. The summed E-state index contributed by atoms with van der Waals surface area (Å²) in [5.74, 6) is 0.442. The van der Waals surface area contributed by atoms with Crippen LogP contribution >= 0.6 is 0 Å². The van der Waals surface area contributed by atoms with Crippen LogP contribution in [0.25, 0.3) is 0 Å². The van der Waals surface area contributed by atoms with Crippen LogP contribution in [0.1, 0.15) is 12.0 Å². The number of hydrogen-bond acceptors (Lipinski definition) is 7. The van der Waals surface area contributed by atoms with Gasteiger partial charge in [-0.1, -0.05) is 0 Å². The molecule has 0 aliphatic carbocycles. The lowest BCUT2D eigenvalue weighted by Crippen LogP contribution is -2.52. The standard InChI is InChI=1S/C24H24N4O6S/c25-15-17-1-4-20(5-2-17)35(31,32)27-9-7-26(8-10-27)24(30)18-13-23(29)28(16-18)19-3-6-21-22(14-19)34-12-11-33-21/h1-6,14,18H,7-13,16H2. The minimum Gasteiger partial charge on any atom is -0.486 e. The van der Waals surface area contributed by atoms with Crippen molar-refractivity contribution in [2.45, 2.75) is 11.3 Å². The summed E-state index contributed by atoms with van der Waals surface area (Å²) in [5, 5.41) is 8.91. The number of nitriles is 1. The number of ether oxygens (including phenoxy) is 2. The zero-order valence-corrected chi connectivity index (χ0v) is 19.7. The molecule has 10 nitrogen and oxygen atoms in total. The van der Waals surface area contributed by atoms with E-state index in [9.17, 15) is 18.0 Å². The van der Waals surface area contributed by atoms with Gasteiger partial charge >= 0.3 is 0 Å². The molecule has 0 spiro atoms. The number of carbonyl (C=O) groups excluding carboxylic acids is 2. The summed E-state index contributed by atoms with van der Waals surface area (Å²) in [4.78, 5) is 29.2. The fraction of sp³-hybridized carbons (Fsp3) is 0.375. The Balaban J connectivity index is 1.21. The number of carbonyl (C=O) groups is 2. The number of sulfonamides is 1. The molecule has 2 aromatic rings. The molecule has 35 heavy (non-hydrogen) atoms. The number of nitrogens with zero attached hydrogens (tertiary/aromatic N) is 4. The van der Waals surface area contributed by atoms with Crippen molar-refractivity contribution < 1.29 is 27.5 Å². The Morgan fingerprint density at radius 3 is 2.34 bits per heavy atom. The van der Waals surface area contributed by atoms with Crippen LogP contribution < -0.4 is 14.4 Å². The van der Waals surface area contributed by atoms with Gasteiger partial charge in [-0.05, 0) is 36.4 Å². The van der Waals surface area contributed by atoms with Crippen LogP contribution in [0.2, 0.25) is 0 Å². The third-order valence-corrected chi connectivity index (χ3v) is 8.40. The van der Waals surface area contributed by atoms with E-state index >= 15 is 0 Å². The van der Waals surface area contributed by atoms with Gasteiger partial charge in [0.05, 0.1) is 22.4 Å². The second-order valence-corrected chi connectivity index (χ2v) is 10.5. The highest BCUT2D eigenvalue weighted by molar-refractivity contribution is 7.89. The molecule has 2 amide bonds. The van der Waals surface area contributed by atoms with E-state index < -0.39 is 15.9 Å². The Labute approximate surface area is 203 Å². The van der Waals surface area contributed by atoms with Gasteiger partial charge in [-0.15, -0.1) is 0 Å². The highest BCUT2D eigenvalue weighted by Crippen LogP contribution is 2.36. The van der Waals surface area contributed by atoms with E-state index in [-0.39, 0.29) is 55.9 Å². The Bertz CT molecular complexity index is 1300. The molecule has 3 heterocycles. The first-order valence-corrected chi connectivity index (χ1v) is 12.8. The average molecular weight is 497 g/mol. The van der Waals surface area contributed by atoms with Crippen LogP contribution in [0.3, 0.4) is 0 Å². The number of fused-ring (bicyclic) bond motifs is 1. The van der Waals surface area contributed by atoms with Crippen LogP contribution in [0.5, 0.6) is 11.5 Å². The van der Waals surface area contributed by atoms with E-state index in [1.54, 1.807) is 28.0 Å². The fourth-order valence-electron chi connectivity index (χ4n) is 4.58. The quantitative estimate of drug-likeness (QED) is 0.624. The zero-order chi connectivity index (χ0) is 24.6. The molecule has 0 bridgehead atoms. The molecule has 0 aromatic heterocycles. The summed E-state index contributed by atoms with van der Waals surface area (Å²) < 4.78 is 38.3. The van der Waals surface area contributed by atoms with E-state index in [0.29, 0.717) is 36.0 Å². The van der Waals surface area contributed by atoms with Crippen LogP contribution in [0.4, 0.5) is 5.69 Å². The topological polar surface area (TPSA) is 120 Å². The van der Waals surface area contributed by atoms with Crippen molar-refractivity contribution in [1.29, 1.82) is 5.26 Å². The molecule has 3 aliphatic heterocycles. The molecule has 0 saturated carbocycles. The Morgan fingerprint density at radius 1 is 0.971 bits per heavy atom. The molecule has 5 rings (SSSR count). The van der Waals surface area contributed by atoms with Crippen molar-refractivity contribution in [3.8, 4) is 17.6 Å². The summed E-state index contributed by atoms with van der Waals surface area (Å²) in [6.45, 7) is 2.03. The first kappa shape index (κ1) is 23.1. The molecule has 2 fully saturated rings. The summed E-state index contributed by atoms with van der Waals surface area (Å²) in [6, 6.07) is 13.0. The molecule has 182 valence electrons. The maximum absolute atomic E-state index is 13.2. The van der Waals surface area contributed by atoms with Crippen molar-refractivity contribution in [2.24, 2.45) is 5.92 Å². The Hall–Kier alpha value is -3.62. The Kier molecular flexibility index (Phi) is 6.08. The second-order valence-electron chi connectivity index (χ2n) is 8.60. The first-order chi connectivity index (χ1) is 16.9. The molecule has 2 saturated heterocycles. The minimum atomic E-state index is -3.71. The maximum Gasteiger partial charge on any atom is 0.243 e. The predicted octanol–water partition coefficient (Wildman–Crippen LogP) is 1.22. The van der Waals surface area contributed by atoms with Gasteiger partial charge in [-0.2, -0.15) is 9.57 Å². The van der Waals surface area contributed by atoms with Crippen molar-refractivity contribution >= 4 is 27.5 Å². The van der Waals surface area contributed by atoms with E-state index in [2.05, 4.69) is 0 Å². The molecule has 3 aliphatic rings. The molecular formula is C24H24N4O6S. The summed E-state index contributed by atoms with van der Waals surface area (Å²) in [5.41, 5.74) is 1.05. The largest absolute Gasteiger partial charge is 0.486 e.